The van der Waals surface area contributed by atoms with Crippen molar-refractivity contribution in [3.05, 3.63) is 30.3 Å². The summed E-state index contributed by atoms with van der Waals surface area (Å²) < 4.78 is 11.3. The molecule has 1 nitrogen and oxygen atoms in total. The SMILES string of the molecule is CP(=O)(Br)c1ccccc1. The third-order valence-corrected chi connectivity index (χ3v) is 3.67. The zero-order valence-corrected chi connectivity index (χ0v) is 8.10. The minimum Gasteiger partial charge on any atom is -0.307 e. The first-order valence-corrected chi connectivity index (χ1v) is 7.11. The summed E-state index contributed by atoms with van der Waals surface area (Å²) in [7, 11) is 0. The number of hydrogen-bond acceptors (Lipinski definition) is 1. The van der Waals surface area contributed by atoms with Crippen molar-refractivity contribution in [2.75, 3.05) is 6.66 Å². The van der Waals surface area contributed by atoms with Gasteiger partial charge in [0.05, 0.1) is 0 Å². The molecule has 1 unspecified atom stereocenters. The van der Waals surface area contributed by atoms with Crippen LogP contribution in [0.4, 0.5) is 0 Å². The fraction of sp³-hybridized carbons (Fsp3) is 0.143. The Bertz CT molecular complexity index is 252. The molecular weight excluding hydrogens is 211 g/mol. The van der Waals surface area contributed by atoms with Gasteiger partial charge in [-0.25, -0.2) is 0 Å². The Morgan fingerprint density at radius 1 is 1.30 bits per heavy atom. The molecule has 0 bridgehead atoms. The first kappa shape index (κ1) is 8.03. The highest BCUT2D eigenvalue weighted by atomic mass is 79.9. The smallest absolute Gasteiger partial charge is 0.172 e. The Morgan fingerprint density at radius 2 is 1.80 bits per heavy atom. The lowest BCUT2D eigenvalue weighted by Gasteiger charge is -2.01. The molecule has 0 heterocycles. The van der Waals surface area contributed by atoms with Crippen LogP contribution in [0.3, 0.4) is 0 Å². The molecule has 0 radical (unpaired) electrons. The topological polar surface area (TPSA) is 17.1 Å². The number of rotatable bonds is 1. The molecule has 1 aromatic rings. The van der Waals surface area contributed by atoms with Crippen molar-refractivity contribution >= 4 is 26.6 Å². The third-order valence-electron chi connectivity index (χ3n) is 1.22. The van der Waals surface area contributed by atoms with Crippen LogP contribution in [-0.4, -0.2) is 6.66 Å². The maximum Gasteiger partial charge on any atom is 0.172 e. The summed E-state index contributed by atoms with van der Waals surface area (Å²) >= 11 is 3.14. The van der Waals surface area contributed by atoms with Gasteiger partial charge in [0.2, 0.25) is 0 Å². The van der Waals surface area contributed by atoms with Gasteiger partial charge in [0.15, 0.2) is 5.84 Å². The Morgan fingerprint density at radius 3 is 2.10 bits per heavy atom. The van der Waals surface area contributed by atoms with Crippen molar-refractivity contribution in [1.82, 2.24) is 0 Å². The van der Waals surface area contributed by atoms with Gasteiger partial charge < -0.3 is 4.57 Å². The Hall–Kier alpha value is -0.0700. The van der Waals surface area contributed by atoms with Crippen LogP contribution in [0.25, 0.3) is 0 Å². The Balaban J connectivity index is 3.09. The van der Waals surface area contributed by atoms with Crippen LogP contribution < -0.4 is 5.30 Å². The summed E-state index contributed by atoms with van der Waals surface area (Å²) in [5, 5.41) is 0.870. The maximum absolute atomic E-state index is 11.3. The molecule has 0 amide bonds. The largest absolute Gasteiger partial charge is 0.307 e. The van der Waals surface area contributed by atoms with Crippen LogP contribution in [-0.2, 0) is 4.57 Å². The lowest BCUT2D eigenvalue weighted by atomic mass is 10.4. The standard InChI is InChI=1S/C7H8BrOP/c1-10(8,9)7-5-3-2-4-6-7/h2-6H,1H3. The van der Waals surface area contributed by atoms with Crippen molar-refractivity contribution in [3.63, 3.8) is 0 Å². The Labute approximate surface area is 68.6 Å². The van der Waals surface area contributed by atoms with Gasteiger partial charge in [-0.05, 0) is 15.5 Å². The summed E-state index contributed by atoms with van der Waals surface area (Å²) in [6.45, 7) is 1.70. The van der Waals surface area contributed by atoms with E-state index in [1.807, 2.05) is 30.3 Å². The van der Waals surface area contributed by atoms with E-state index in [0.717, 1.165) is 5.30 Å². The molecule has 0 fully saturated rings. The second kappa shape index (κ2) is 2.89. The van der Waals surface area contributed by atoms with Crippen LogP contribution in [0, 0.1) is 0 Å². The minimum atomic E-state index is -2.21. The summed E-state index contributed by atoms with van der Waals surface area (Å²) in [4.78, 5) is 0. The zero-order valence-electron chi connectivity index (χ0n) is 5.62. The predicted molar refractivity (Wildman–Crippen MR) is 48.5 cm³/mol. The molecule has 0 aliphatic carbocycles. The quantitative estimate of drug-likeness (QED) is 0.663. The molecule has 0 aromatic heterocycles. The van der Waals surface area contributed by atoms with Crippen LogP contribution >= 0.6 is 21.3 Å². The van der Waals surface area contributed by atoms with Gasteiger partial charge >= 0.3 is 0 Å². The van der Waals surface area contributed by atoms with E-state index in [1.54, 1.807) is 6.66 Å². The maximum atomic E-state index is 11.3. The van der Waals surface area contributed by atoms with Crippen molar-refractivity contribution in [2.45, 2.75) is 0 Å². The number of benzene rings is 1. The van der Waals surface area contributed by atoms with E-state index in [4.69, 9.17) is 0 Å². The first-order chi connectivity index (χ1) is 4.61. The lowest BCUT2D eigenvalue weighted by molar-refractivity contribution is 0.594. The molecule has 1 atom stereocenters. The lowest BCUT2D eigenvalue weighted by Crippen LogP contribution is -1.96. The van der Waals surface area contributed by atoms with E-state index in [1.165, 1.54) is 0 Å². The van der Waals surface area contributed by atoms with Crippen molar-refractivity contribution < 1.29 is 4.57 Å². The highest BCUT2D eigenvalue weighted by molar-refractivity contribution is 9.41. The van der Waals surface area contributed by atoms with Crippen LogP contribution in [0.5, 0.6) is 0 Å². The molecule has 0 aliphatic heterocycles. The molecular formula is C7H8BrOP. The van der Waals surface area contributed by atoms with E-state index < -0.39 is 5.84 Å². The van der Waals surface area contributed by atoms with Gasteiger partial charge in [0.1, 0.15) is 0 Å². The monoisotopic (exact) mass is 218 g/mol. The summed E-state index contributed by atoms with van der Waals surface area (Å²) in [5.41, 5.74) is 0. The first-order valence-electron chi connectivity index (χ1n) is 2.93. The van der Waals surface area contributed by atoms with Gasteiger partial charge in [-0.3, -0.25) is 0 Å². The van der Waals surface area contributed by atoms with E-state index >= 15 is 0 Å². The molecule has 3 heteroatoms. The van der Waals surface area contributed by atoms with Crippen molar-refractivity contribution in [1.29, 1.82) is 0 Å². The molecule has 0 N–H and O–H groups in total. The molecule has 54 valence electrons. The fourth-order valence-corrected chi connectivity index (χ4v) is 2.11. The predicted octanol–water partition coefficient (Wildman–Crippen LogP) is 2.61. The van der Waals surface area contributed by atoms with E-state index in [2.05, 4.69) is 15.5 Å². The van der Waals surface area contributed by atoms with Gasteiger partial charge in [-0.2, -0.15) is 0 Å². The van der Waals surface area contributed by atoms with E-state index in [9.17, 15) is 4.57 Å². The molecule has 0 spiro atoms. The van der Waals surface area contributed by atoms with Crippen LogP contribution in [0.1, 0.15) is 0 Å². The molecule has 10 heavy (non-hydrogen) atoms. The average Bonchev–Trinajstić information content (AvgIpc) is 1.88. The van der Waals surface area contributed by atoms with Gasteiger partial charge in [-0.15, -0.1) is 0 Å². The molecule has 0 aliphatic rings. The molecule has 0 saturated heterocycles. The third kappa shape index (κ3) is 1.96. The molecule has 0 saturated carbocycles. The molecule has 1 aromatic carbocycles. The van der Waals surface area contributed by atoms with Crippen LogP contribution in [0.2, 0.25) is 0 Å². The summed E-state index contributed by atoms with van der Waals surface area (Å²) in [5.74, 6) is -2.21. The second-order valence-electron chi connectivity index (χ2n) is 2.16. The van der Waals surface area contributed by atoms with Gasteiger partial charge in [-0.1, -0.05) is 30.3 Å². The fourth-order valence-electron chi connectivity index (χ4n) is 0.694. The number of hydrogen-bond donors (Lipinski definition) is 0. The second-order valence-corrected chi connectivity index (χ2v) is 8.37. The van der Waals surface area contributed by atoms with E-state index in [0.29, 0.717) is 0 Å². The molecule has 1 rings (SSSR count). The summed E-state index contributed by atoms with van der Waals surface area (Å²) in [6.07, 6.45) is 0. The zero-order chi connectivity index (χ0) is 7.61. The highest BCUT2D eigenvalue weighted by Crippen LogP contribution is 2.48. The van der Waals surface area contributed by atoms with Crippen molar-refractivity contribution in [2.24, 2.45) is 0 Å². The van der Waals surface area contributed by atoms with Crippen molar-refractivity contribution in [3.8, 4) is 0 Å². The Kier molecular flexibility index (Phi) is 2.32. The van der Waals surface area contributed by atoms with Gasteiger partial charge in [0.25, 0.3) is 0 Å². The highest BCUT2D eigenvalue weighted by Gasteiger charge is 2.10. The average molecular weight is 219 g/mol. The summed E-state index contributed by atoms with van der Waals surface area (Å²) in [6, 6.07) is 9.39. The van der Waals surface area contributed by atoms with Crippen LogP contribution in [0.15, 0.2) is 30.3 Å². The minimum absolute atomic E-state index is 0.870. The van der Waals surface area contributed by atoms with Gasteiger partial charge in [0, 0.05) is 12.0 Å². The normalized spacial score (nSPS) is 16.2. The van der Waals surface area contributed by atoms with E-state index in [-0.39, 0.29) is 0 Å². The number of halogens is 1.